The summed E-state index contributed by atoms with van der Waals surface area (Å²) in [7, 11) is 0. The van der Waals surface area contributed by atoms with Gasteiger partial charge in [0.15, 0.2) is 5.96 Å². The number of benzene rings is 1. The zero-order valence-electron chi connectivity index (χ0n) is 12.2. The molecule has 0 fully saturated rings. The van der Waals surface area contributed by atoms with Crippen molar-refractivity contribution in [3.05, 3.63) is 54.1 Å². The van der Waals surface area contributed by atoms with E-state index in [4.69, 9.17) is 5.73 Å². The van der Waals surface area contributed by atoms with Crippen LogP contribution in [0.25, 0.3) is 11.1 Å². The summed E-state index contributed by atoms with van der Waals surface area (Å²) in [6.45, 7) is 1.97. The second kappa shape index (κ2) is 7.31. The van der Waals surface area contributed by atoms with Crippen LogP contribution in [0.1, 0.15) is 24.9 Å². The summed E-state index contributed by atoms with van der Waals surface area (Å²) in [6.07, 6.45) is 3.97. The summed E-state index contributed by atoms with van der Waals surface area (Å²) in [6, 6.07) is 8.83. The third-order valence-electron chi connectivity index (χ3n) is 3.20. The highest BCUT2D eigenvalue weighted by molar-refractivity contribution is 5.87. The Balaban J connectivity index is 2.34. The van der Waals surface area contributed by atoms with Crippen molar-refractivity contribution in [1.29, 1.82) is 0 Å². The van der Waals surface area contributed by atoms with Gasteiger partial charge in [0.25, 0.3) is 0 Å². The minimum absolute atomic E-state index is 0.0691. The maximum absolute atomic E-state index is 13.3. The number of amides is 1. The minimum Gasteiger partial charge on any atom is -0.370 e. The van der Waals surface area contributed by atoms with Gasteiger partial charge in [0, 0.05) is 11.8 Å². The molecule has 0 radical (unpaired) electrons. The SMILES string of the molecule is CCC(N=C(N)NC=O)c1cccc(-c2cncc(F)c2)c1. The van der Waals surface area contributed by atoms with Gasteiger partial charge in [0.1, 0.15) is 5.82 Å². The normalized spacial score (nSPS) is 12.7. The maximum atomic E-state index is 13.3. The van der Waals surface area contributed by atoms with Crippen molar-refractivity contribution in [3.8, 4) is 11.1 Å². The molecule has 0 saturated heterocycles. The molecule has 0 spiro atoms. The van der Waals surface area contributed by atoms with Crippen LogP contribution >= 0.6 is 0 Å². The number of carbonyl (C=O) groups excluding carboxylic acids is 1. The van der Waals surface area contributed by atoms with Crippen LogP contribution in [0.4, 0.5) is 4.39 Å². The van der Waals surface area contributed by atoms with Crippen molar-refractivity contribution in [2.75, 3.05) is 0 Å². The predicted molar refractivity (Wildman–Crippen MR) is 83.5 cm³/mol. The standard InChI is InChI=1S/C16H17FN4O/c1-2-15(21-16(18)20-10-22)12-5-3-4-11(6-12)13-7-14(17)9-19-8-13/h3-10,15H,2H2,1H3,(H3,18,20,21,22). The van der Waals surface area contributed by atoms with Crippen LogP contribution < -0.4 is 11.1 Å². The number of hydrogen-bond acceptors (Lipinski definition) is 3. The topological polar surface area (TPSA) is 80.4 Å². The van der Waals surface area contributed by atoms with Crippen molar-refractivity contribution in [2.24, 2.45) is 10.7 Å². The van der Waals surface area contributed by atoms with Crippen LogP contribution in [0.5, 0.6) is 0 Å². The van der Waals surface area contributed by atoms with Crippen molar-refractivity contribution < 1.29 is 9.18 Å². The van der Waals surface area contributed by atoms with E-state index >= 15 is 0 Å². The lowest BCUT2D eigenvalue weighted by Gasteiger charge is -2.13. The fraction of sp³-hybridized carbons (Fsp3) is 0.188. The van der Waals surface area contributed by atoms with Gasteiger partial charge in [-0.05, 0) is 29.7 Å². The Morgan fingerprint density at radius 2 is 2.23 bits per heavy atom. The van der Waals surface area contributed by atoms with E-state index in [9.17, 15) is 9.18 Å². The molecule has 2 aromatic rings. The average Bonchev–Trinajstić information content (AvgIpc) is 2.53. The Bertz CT molecular complexity index is 687. The summed E-state index contributed by atoms with van der Waals surface area (Å²) in [5, 5.41) is 2.32. The van der Waals surface area contributed by atoms with Crippen molar-refractivity contribution in [2.45, 2.75) is 19.4 Å². The number of nitrogens with one attached hydrogen (secondary N) is 1. The number of guanidine groups is 1. The molecule has 0 aliphatic carbocycles. The third-order valence-corrected chi connectivity index (χ3v) is 3.20. The Hall–Kier alpha value is -2.76. The van der Waals surface area contributed by atoms with Gasteiger partial charge < -0.3 is 5.73 Å². The molecule has 1 aromatic carbocycles. The second-order valence-electron chi connectivity index (χ2n) is 4.72. The van der Waals surface area contributed by atoms with Gasteiger partial charge in [-0.25, -0.2) is 9.38 Å². The van der Waals surface area contributed by atoms with Crippen molar-refractivity contribution in [1.82, 2.24) is 10.3 Å². The summed E-state index contributed by atoms with van der Waals surface area (Å²) >= 11 is 0. The zero-order valence-corrected chi connectivity index (χ0v) is 12.2. The second-order valence-corrected chi connectivity index (χ2v) is 4.72. The van der Waals surface area contributed by atoms with E-state index in [2.05, 4.69) is 15.3 Å². The van der Waals surface area contributed by atoms with Gasteiger partial charge >= 0.3 is 0 Å². The number of nitrogens with zero attached hydrogens (tertiary/aromatic N) is 2. The van der Waals surface area contributed by atoms with Gasteiger partial charge in [-0.3, -0.25) is 15.1 Å². The smallest absolute Gasteiger partial charge is 0.213 e. The highest BCUT2D eigenvalue weighted by Gasteiger charge is 2.10. The monoisotopic (exact) mass is 300 g/mol. The lowest BCUT2D eigenvalue weighted by molar-refractivity contribution is -0.108. The summed E-state index contributed by atoms with van der Waals surface area (Å²) in [5.74, 6) is -0.313. The molecule has 1 amide bonds. The van der Waals surface area contributed by atoms with Crippen LogP contribution in [0.3, 0.4) is 0 Å². The first-order valence-corrected chi connectivity index (χ1v) is 6.88. The number of rotatable bonds is 5. The molecule has 0 saturated carbocycles. The van der Waals surface area contributed by atoms with E-state index < -0.39 is 0 Å². The fourth-order valence-corrected chi connectivity index (χ4v) is 2.16. The molecule has 0 aliphatic heterocycles. The van der Waals surface area contributed by atoms with Gasteiger partial charge in [-0.2, -0.15) is 0 Å². The molecule has 22 heavy (non-hydrogen) atoms. The molecular weight excluding hydrogens is 283 g/mol. The number of halogens is 1. The van der Waals surface area contributed by atoms with Crippen LogP contribution in [0.15, 0.2) is 47.7 Å². The molecule has 1 aromatic heterocycles. The molecule has 2 rings (SSSR count). The Kier molecular flexibility index (Phi) is 5.19. The number of aromatic nitrogens is 1. The molecule has 5 nitrogen and oxygen atoms in total. The summed E-state index contributed by atoms with van der Waals surface area (Å²) in [5.41, 5.74) is 8.09. The number of carbonyl (C=O) groups is 1. The molecule has 1 atom stereocenters. The van der Waals surface area contributed by atoms with Crippen molar-refractivity contribution >= 4 is 12.4 Å². The summed E-state index contributed by atoms with van der Waals surface area (Å²) < 4.78 is 13.3. The first-order chi connectivity index (χ1) is 10.6. The van der Waals surface area contributed by atoms with E-state index in [1.165, 1.54) is 6.07 Å². The van der Waals surface area contributed by atoms with Gasteiger partial charge in [-0.1, -0.05) is 25.1 Å². The number of nitrogens with two attached hydrogens (primary N) is 1. The molecule has 114 valence electrons. The molecule has 0 aliphatic rings. The van der Waals surface area contributed by atoms with Gasteiger partial charge in [0.2, 0.25) is 6.41 Å². The quantitative estimate of drug-likeness (QED) is 0.505. The number of pyridine rings is 1. The molecule has 3 N–H and O–H groups in total. The van der Waals surface area contributed by atoms with E-state index in [1.807, 2.05) is 31.2 Å². The predicted octanol–water partition coefficient (Wildman–Crippen LogP) is 2.40. The lowest BCUT2D eigenvalue weighted by Crippen LogP contribution is -2.30. The highest BCUT2D eigenvalue weighted by atomic mass is 19.1. The fourth-order valence-electron chi connectivity index (χ4n) is 2.16. The van der Waals surface area contributed by atoms with Gasteiger partial charge in [0.05, 0.1) is 12.2 Å². The van der Waals surface area contributed by atoms with Crippen LogP contribution in [-0.2, 0) is 4.79 Å². The lowest BCUT2D eigenvalue weighted by atomic mass is 9.99. The first-order valence-electron chi connectivity index (χ1n) is 6.88. The zero-order chi connectivity index (χ0) is 15.9. The molecule has 1 heterocycles. The molecule has 6 heteroatoms. The van der Waals surface area contributed by atoms with Gasteiger partial charge in [-0.15, -0.1) is 0 Å². The summed E-state index contributed by atoms with van der Waals surface area (Å²) in [4.78, 5) is 18.5. The molecular formula is C16H17FN4O. The minimum atomic E-state index is -0.382. The maximum Gasteiger partial charge on any atom is 0.213 e. The van der Waals surface area contributed by atoms with E-state index in [0.717, 1.165) is 17.3 Å². The average molecular weight is 300 g/mol. The Morgan fingerprint density at radius 3 is 2.91 bits per heavy atom. The van der Waals surface area contributed by atoms with Crippen LogP contribution in [0.2, 0.25) is 0 Å². The van der Waals surface area contributed by atoms with Crippen molar-refractivity contribution in [3.63, 3.8) is 0 Å². The highest BCUT2D eigenvalue weighted by Crippen LogP contribution is 2.26. The number of aliphatic imine (C=N–C) groups is 1. The Labute approximate surface area is 128 Å². The van der Waals surface area contributed by atoms with E-state index in [-0.39, 0.29) is 17.8 Å². The molecule has 0 bridgehead atoms. The van der Waals surface area contributed by atoms with Crippen LogP contribution in [0, 0.1) is 5.82 Å². The molecule has 1 unspecified atom stereocenters. The largest absolute Gasteiger partial charge is 0.370 e. The third kappa shape index (κ3) is 3.88. The first kappa shape index (κ1) is 15.6. The van der Waals surface area contributed by atoms with E-state index in [1.54, 1.807) is 6.20 Å². The number of hydrogen-bond donors (Lipinski definition) is 2. The van der Waals surface area contributed by atoms with E-state index in [0.29, 0.717) is 18.4 Å². The van der Waals surface area contributed by atoms with Crippen LogP contribution in [-0.4, -0.2) is 17.4 Å². The Morgan fingerprint density at radius 1 is 1.41 bits per heavy atom.